The van der Waals surface area contributed by atoms with Crippen molar-refractivity contribution in [3.05, 3.63) is 216 Å². The first-order valence-electron chi connectivity index (χ1n) is 24.6. The number of pyridine rings is 1. The third-order valence-corrected chi connectivity index (χ3v) is 16.7. The highest BCUT2D eigenvalue weighted by atomic mass is 16.3. The molecule has 0 atom stereocenters. The van der Waals surface area contributed by atoms with Crippen molar-refractivity contribution in [1.82, 2.24) is 4.98 Å². The fraction of sp³-hybridized carbons (Fsp3) is 0.136. The average molecular weight is 901 g/mol. The van der Waals surface area contributed by atoms with E-state index in [1.807, 2.05) is 12.4 Å². The largest absolute Gasteiger partial charge is 0.455 e. The van der Waals surface area contributed by atoms with Crippen molar-refractivity contribution in [2.24, 2.45) is 0 Å². The molecule has 3 aliphatic carbocycles. The zero-order valence-corrected chi connectivity index (χ0v) is 40.0. The second-order valence-electron chi connectivity index (χ2n) is 21.4. The molecular weight excluding hydrogens is 853 g/mol. The van der Waals surface area contributed by atoms with E-state index in [1.165, 1.54) is 93.7 Å². The Labute approximate surface area is 406 Å². The second kappa shape index (κ2) is 13.5. The van der Waals surface area contributed by atoms with Crippen LogP contribution in [0.15, 0.2) is 191 Å². The molecule has 12 aromatic rings. The highest BCUT2D eigenvalue weighted by Gasteiger charge is 2.49. The maximum Gasteiger partial charge on any atom is 0.144 e. The zero-order chi connectivity index (χ0) is 47.0. The fourth-order valence-corrected chi connectivity index (χ4v) is 13.4. The van der Waals surface area contributed by atoms with Crippen LogP contribution in [0.25, 0.3) is 99.2 Å². The lowest BCUT2D eigenvalue weighted by molar-refractivity contribution is 0.600. The van der Waals surface area contributed by atoms with Crippen LogP contribution in [-0.4, -0.2) is 4.98 Å². The van der Waals surface area contributed by atoms with E-state index >= 15 is 0 Å². The molecule has 0 amide bonds. The third kappa shape index (κ3) is 5.03. The molecular formula is C66H48N2O2. The van der Waals surface area contributed by atoms with Crippen molar-refractivity contribution >= 4 is 71.7 Å². The topological polar surface area (TPSA) is 42.4 Å². The standard InChI is InChI=1S/C66H48N2O2/c1-64(2)50-34-41(25-27-44(50)55-52(64)36-48(38-29-31-67-32-30-38)62-57(55)46-18-10-13-21-53(46)69-62)68(40-24-23-37-15-7-8-16-39(37)33-40)42-26-28-45-51(35-42)66(5,6)61-59(45)63-58(47-19-11-14-22-54(47)70-63)56-43-17-9-12-20-49(43)65(3,4)60(56)61/h7-36H,1-6H3. The monoisotopic (exact) mass is 900 g/mol. The Hall–Kier alpha value is -8.21. The van der Waals surface area contributed by atoms with Gasteiger partial charge in [-0.3, -0.25) is 4.98 Å². The zero-order valence-electron chi connectivity index (χ0n) is 40.0. The van der Waals surface area contributed by atoms with Crippen molar-refractivity contribution in [3.8, 4) is 44.5 Å². The Morgan fingerprint density at radius 1 is 0.386 bits per heavy atom. The minimum Gasteiger partial charge on any atom is -0.455 e. The number of rotatable bonds is 4. The molecule has 0 saturated heterocycles. The molecule has 0 aliphatic heterocycles. The molecule has 4 nitrogen and oxygen atoms in total. The number of nitrogens with zero attached hydrogens (tertiary/aromatic N) is 2. The number of fused-ring (bicyclic) bond motifs is 20. The quantitative estimate of drug-likeness (QED) is 0.176. The van der Waals surface area contributed by atoms with E-state index in [0.29, 0.717) is 0 Å². The molecule has 0 fully saturated rings. The van der Waals surface area contributed by atoms with Crippen LogP contribution in [-0.2, 0) is 16.2 Å². The summed E-state index contributed by atoms with van der Waals surface area (Å²) in [5, 5.41) is 7.12. The first kappa shape index (κ1) is 39.8. The summed E-state index contributed by atoms with van der Waals surface area (Å²) < 4.78 is 13.9. The summed E-state index contributed by atoms with van der Waals surface area (Å²) >= 11 is 0. The van der Waals surface area contributed by atoms with Gasteiger partial charge in [0.05, 0.1) is 0 Å². The van der Waals surface area contributed by atoms with Gasteiger partial charge in [0.25, 0.3) is 0 Å². The summed E-state index contributed by atoms with van der Waals surface area (Å²) in [5.74, 6) is 0. The van der Waals surface area contributed by atoms with Gasteiger partial charge < -0.3 is 13.7 Å². The van der Waals surface area contributed by atoms with E-state index in [9.17, 15) is 0 Å². The third-order valence-electron chi connectivity index (χ3n) is 16.7. The fourth-order valence-electron chi connectivity index (χ4n) is 13.4. The molecule has 70 heavy (non-hydrogen) atoms. The molecule has 0 radical (unpaired) electrons. The van der Waals surface area contributed by atoms with E-state index in [2.05, 4.69) is 221 Å². The molecule has 0 bridgehead atoms. The molecule has 0 unspecified atom stereocenters. The average Bonchev–Trinajstić information content (AvgIpc) is 4.13. The molecule has 9 aromatic carbocycles. The van der Waals surface area contributed by atoms with Gasteiger partial charge in [-0.05, 0) is 144 Å². The van der Waals surface area contributed by atoms with Crippen LogP contribution in [0.2, 0.25) is 0 Å². The molecule has 3 aromatic heterocycles. The highest BCUT2D eigenvalue weighted by Crippen LogP contribution is 2.64. The Morgan fingerprint density at radius 3 is 1.64 bits per heavy atom. The van der Waals surface area contributed by atoms with Gasteiger partial charge in [-0.25, -0.2) is 0 Å². The SMILES string of the molecule is CC1(C)c2cc(N(c3ccc4c(c3)C(C)(C)c3c5c(c6c(oc7ccccc76)c3-4)-c3ccccc3C5(C)C)c3ccc4ccccc4c3)ccc2-c2c1cc(-c1ccncc1)c1oc3ccccc3c21. The van der Waals surface area contributed by atoms with Crippen LogP contribution in [0.4, 0.5) is 17.1 Å². The Balaban J connectivity index is 0.962. The number of furan rings is 2. The first-order chi connectivity index (χ1) is 34.0. The molecule has 3 aliphatic rings. The predicted octanol–water partition coefficient (Wildman–Crippen LogP) is 18.1. The number of para-hydroxylation sites is 2. The van der Waals surface area contributed by atoms with E-state index in [4.69, 9.17) is 8.83 Å². The maximum absolute atomic E-state index is 7.06. The van der Waals surface area contributed by atoms with E-state index < -0.39 is 0 Å². The molecule has 3 heterocycles. The van der Waals surface area contributed by atoms with Gasteiger partial charge in [0.15, 0.2) is 0 Å². The maximum atomic E-state index is 7.06. The van der Waals surface area contributed by atoms with Gasteiger partial charge in [-0.2, -0.15) is 0 Å². The molecule has 334 valence electrons. The number of anilines is 3. The van der Waals surface area contributed by atoms with Crippen LogP contribution >= 0.6 is 0 Å². The van der Waals surface area contributed by atoms with Gasteiger partial charge in [-0.15, -0.1) is 0 Å². The smallest absolute Gasteiger partial charge is 0.144 e. The van der Waals surface area contributed by atoms with Crippen molar-refractivity contribution in [2.75, 3.05) is 4.90 Å². The lowest BCUT2D eigenvalue weighted by Crippen LogP contribution is -2.24. The van der Waals surface area contributed by atoms with E-state index in [1.54, 1.807) is 0 Å². The minimum atomic E-state index is -0.348. The van der Waals surface area contributed by atoms with Crippen LogP contribution in [0.5, 0.6) is 0 Å². The molecule has 15 rings (SSSR count). The van der Waals surface area contributed by atoms with E-state index in [-0.39, 0.29) is 16.2 Å². The van der Waals surface area contributed by atoms with Crippen LogP contribution in [0, 0.1) is 0 Å². The van der Waals surface area contributed by atoms with Crippen molar-refractivity contribution in [2.45, 2.75) is 57.8 Å². The summed E-state index contributed by atoms with van der Waals surface area (Å²) in [7, 11) is 0. The van der Waals surface area contributed by atoms with E-state index in [0.717, 1.165) is 55.9 Å². The van der Waals surface area contributed by atoms with Gasteiger partial charge >= 0.3 is 0 Å². The lowest BCUT2D eigenvalue weighted by Gasteiger charge is -2.32. The number of hydrogen-bond acceptors (Lipinski definition) is 4. The predicted molar refractivity (Wildman–Crippen MR) is 289 cm³/mol. The van der Waals surface area contributed by atoms with Crippen LogP contribution in [0.3, 0.4) is 0 Å². The summed E-state index contributed by atoms with van der Waals surface area (Å²) in [6.45, 7) is 14.5. The summed E-state index contributed by atoms with van der Waals surface area (Å²) in [5.41, 5.74) is 24.0. The Bertz CT molecular complexity index is 4280. The van der Waals surface area contributed by atoms with Gasteiger partial charge in [-0.1, -0.05) is 145 Å². The van der Waals surface area contributed by atoms with Gasteiger partial charge in [0, 0.05) is 78.4 Å². The number of hydrogen-bond donors (Lipinski definition) is 0. The van der Waals surface area contributed by atoms with Crippen LogP contribution in [0.1, 0.15) is 74.9 Å². The number of benzene rings is 9. The van der Waals surface area contributed by atoms with Crippen LogP contribution < -0.4 is 4.90 Å². The van der Waals surface area contributed by atoms with Crippen molar-refractivity contribution in [1.29, 1.82) is 0 Å². The number of aromatic nitrogens is 1. The van der Waals surface area contributed by atoms with Crippen molar-refractivity contribution in [3.63, 3.8) is 0 Å². The van der Waals surface area contributed by atoms with Gasteiger partial charge in [0.2, 0.25) is 0 Å². The first-order valence-corrected chi connectivity index (χ1v) is 24.6. The van der Waals surface area contributed by atoms with Gasteiger partial charge in [0.1, 0.15) is 22.3 Å². The Kier molecular flexibility index (Phi) is 7.68. The molecule has 0 spiro atoms. The molecule has 0 N–H and O–H groups in total. The van der Waals surface area contributed by atoms with Crippen molar-refractivity contribution < 1.29 is 8.83 Å². The minimum absolute atomic E-state index is 0.218. The normalized spacial score (nSPS) is 15.3. The highest BCUT2D eigenvalue weighted by molar-refractivity contribution is 6.21. The summed E-state index contributed by atoms with van der Waals surface area (Å²) in [6, 6.07) is 62.6. The second-order valence-corrected chi connectivity index (χ2v) is 21.4. The lowest BCUT2D eigenvalue weighted by atomic mass is 9.72. The molecule has 4 heteroatoms. The Morgan fingerprint density at radius 2 is 0.914 bits per heavy atom. The summed E-state index contributed by atoms with van der Waals surface area (Å²) in [6.07, 6.45) is 3.74. The summed E-state index contributed by atoms with van der Waals surface area (Å²) in [4.78, 5) is 6.85. The molecule has 0 saturated carbocycles.